The lowest BCUT2D eigenvalue weighted by atomic mass is 9.72. The highest BCUT2D eigenvalue weighted by molar-refractivity contribution is 5.48. The third kappa shape index (κ3) is 7.62. The molecule has 0 aromatic heterocycles. The Morgan fingerprint density at radius 3 is 1.40 bits per heavy atom. The van der Waals surface area contributed by atoms with Crippen LogP contribution in [0.4, 0.5) is 26.3 Å². The van der Waals surface area contributed by atoms with Crippen molar-refractivity contribution >= 4 is 0 Å². The number of benzene rings is 3. The van der Waals surface area contributed by atoms with Gasteiger partial charge in [-0.15, -0.1) is 0 Å². The summed E-state index contributed by atoms with van der Waals surface area (Å²) in [6.07, 6.45) is 14.2. The van der Waals surface area contributed by atoms with Gasteiger partial charge in [-0.3, -0.25) is 0 Å². The number of halogens is 6. The van der Waals surface area contributed by atoms with Crippen molar-refractivity contribution in [1.29, 1.82) is 0 Å². The monoisotopic (exact) mass is 734 g/mol. The number of fused-ring (bicyclic) bond motifs is 1. The van der Waals surface area contributed by atoms with Crippen molar-refractivity contribution in [2.45, 2.75) is 151 Å². The van der Waals surface area contributed by atoms with Crippen molar-refractivity contribution in [2.24, 2.45) is 0 Å². The normalized spacial score (nSPS) is 22.5. The number of allylic oxidation sites excluding steroid dienone is 1. The van der Waals surface area contributed by atoms with Crippen molar-refractivity contribution in [1.82, 2.24) is 9.80 Å². The zero-order chi connectivity index (χ0) is 36.7. The number of hydrogen-bond donors (Lipinski definition) is 0. The van der Waals surface area contributed by atoms with E-state index in [-0.39, 0.29) is 6.04 Å². The summed E-state index contributed by atoms with van der Waals surface area (Å²) < 4.78 is 81.6. The molecule has 5 aliphatic rings. The summed E-state index contributed by atoms with van der Waals surface area (Å²) in [5, 5.41) is 0. The molecule has 8 heteroatoms. The Morgan fingerprint density at radius 2 is 0.962 bits per heavy atom. The first-order valence-corrected chi connectivity index (χ1v) is 20.3. The summed E-state index contributed by atoms with van der Waals surface area (Å²) in [6.45, 7) is 0.533. The third-order valence-corrected chi connectivity index (χ3v) is 13.3. The standard InChI is InChI=1S/C45H52F6N2/c46-44(47,48)36-20-16-33(17-21-36)43(34-18-22-37(23-19-34)45(49,50)51)52-28-38-24-25-41(53(38)29-52)42-39(31-12-6-2-7-13-31)26-35(30-10-4-1-5-11-30)27-40(42)32-14-8-3-9-15-32/h16-23,26-28,30-32,41,43H,1-15,24-25,29H2/t41-/m0/s1. The van der Waals surface area contributed by atoms with E-state index < -0.39 is 29.5 Å². The summed E-state index contributed by atoms with van der Waals surface area (Å²) in [6, 6.07) is 15.2. The van der Waals surface area contributed by atoms with Gasteiger partial charge in [0.2, 0.25) is 0 Å². The summed E-state index contributed by atoms with van der Waals surface area (Å²) in [4.78, 5) is 4.67. The van der Waals surface area contributed by atoms with Gasteiger partial charge in [0, 0.05) is 11.9 Å². The first kappa shape index (κ1) is 36.6. The van der Waals surface area contributed by atoms with Crippen LogP contribution in [0.15, 0.2) is 72.6 Å². The lowest BCUT2D eigenvalue weighted by Crippen LogP contribution is -2.32. The maximum absolute atomic E-state index is 13.6. The lowest BCUT2D eigenvalue weighted by molar-refractivity contribution is -0.138. The van der Waals surface area contributed by atoms with E-state index in [0.717, 1.165) is 37.1 Å². The Balaban J connectivity index is 1.18. The quantitative estimate of drug-likeness (QED) is 0.223. The van der Waals surface area contributed by atoms with Gasteiger partial charge in [-0.2, -0.15) is 26.3 Å². The number of hydrogen-bond acceptors (Lipinski definition) is 2. The lowest BCUT2D eigenvalue weighted by Gasteiger charge is -2.38. The fourth-order valence-corrected chi connectivity index (χ4v) is 10.5. The van der Waals surface area contributed by atoms with Crippen molar-refractivity contribution < 1.29 is 26.3 Å². The zero-order valence-corrected chi connectivity index (χ0v) is 30.6. The van der Waals surface area contributed by atoms with Crippen molar-refractivity contribution in [3.05, 3.63) is 117 Å². The molecule has 3 saturated carbocycles. The zero-order valence-electron chi connectivity index (χ0n) is 30.6. The van der Waals surface area contributed by atoms with E-state index in [1.165, 1.54) is 126 Å². The molecule has 0 spiro atoms. The van der Waals surface area contributed by atoms with Crippen molar-refractivity contribution in [3.63, 3.8) is 0 Å². The van der Waals surface area contributed by atoms with Gasteiger partial charge >= 0.3 is 12.4 Å². The average molecular weight is 735 g/mol. The van der Waals surface area contributed by atoms with E-state index in [0.29, 0.717) is 35.5 Å². The molecule has 0 amide bonds. The maximum atomic E-state index is 13.6. The van der Waals surface area contributed by atoms with Crippen LogP contribution in [0.1, 0.15) is 183 Å². The molecule has 8 rings (SSSR count). The molecule has 3 aliphatic carbocycles. The van der Waals surface area contributed by atoms with E-state index in [4.69, 9.17) is 0 Å². The Labute approximate surface area is 310 Å². The van der Waals surface area contributed by atoms with Gasteiger partial charge in [-0.05, 0) is 127 Å². The summed E-state index contributed by atoms with van der Waals surface area (Å²) in [7, 11) is 0. The van der Waals surface area contributed by atoms with E-state index in [1.54, 1.807) is 22.3 Å². The molecule has 1 saturated heterocycles. The number of alkyl halides is 6. The molecule has 0 unspecified atom stereocenters. The van der Waals surface area contributed by atoms with Crippen LogP contribution in [0, 0.1) is 0 Å². The summed E-state index contributed by atoms with van der Waals surface area (Å²) >= 11 is 0. The van der Waals surface area contributed by atoms with E-state index in [1.807, 2.05) is 0 Å². The van der Waals surface area contributed by atoms with Crippen LogP contribution in [-0.4, -0.2) is 16.5 Å². The Bertz CT molecular complexity index is 1640. The van der Waals surface area contributed by atoms with Crippen LogP contribution in [0.25, 0.3) is 0 Å². The molecule has 2 heterocycles. The van der Waals surface area contributed by atoms with E-state index in [2.05, 4.69) is 28.1 Å². The molecule has 3 aromatic rings. The van der Waals surface area contributed by atoms with Crippen LogP contribution in [-0.2, 0) is 12.4 Å². The maximum Gasteiger partial charge on any atom is 0.416 e. The van der Waals surface area contributed by atoms with Gasteiger partial charge in [0.1, 0.15) is 0 Å². The SMILES string of the molecule is FC(F)(F)c1ccc(C(c2ccc(C(F)(F)F)cc2)N2C=C3CC[C@@H](c4c(C5CCCCC5)cc(C5CCCCC5)cc4C4CCCCC4)N3C2)cc1. The number of nitrogens with zero attached hydrogens (tertiary/aromatic N) is 2. The van der Waals surface area contributed by atoms with Gasteiger partial charge in [0.05, 0.1) is 29.9 Å². The minimum absolute atomic E-state index is 0.196. The van der Waals surface area contributed by atoms with Crippen molar-refractivity contribution in [2.75, 3.05) is 6.67 Å². The van der Waals surface area contributed by atoms with Crippen LogP contribution in [0.5, 0.6) is 0 Å². The van der Waals surface area contributed by atoms with E-state index in [9.17, 15) is 26.3 Å². The topological polar surface area (TPSA) is 6.48 Å². The fraction of sp³-hybridized carbons (Fsp3) is 0.556. The van der Waals surface area contributed by atoms with Crippen LogP contribution in [0.2, 0.25) is 0 Å². The molecule has 0 radical (unpaired) electrons. The second kappa shape index (κ2) is 15.0. The minimum Gasteiger partial charge on any atom is -0.349 e. The van der Waals surface area contributed by atoms with Crippen LogP contribution >= 0.6 is 0 Å². The highest BCUT2D eigenvalue weighted by atomic mass is 19.4. The molecule has 2 nitrogen and oxygen atoms in total. The molecule has 284 valence electrons. The Kier molecular flexibility index (Phi) is 10.4. The van der Waals surface area contributed by atoms with Gasteiger partial charge in [-0.1, -0.05) is 94.2 Å². The highest BCUT2D eigenvalue weighted by Crippen LogP contribution is 2.52. The molecule has 0 bridgehead atoms. The van der Waals surface area contributed by atoms with Gasteiger partial charge in [-0.25, -0.2) is 0 Å². The second-order valence-corrected chi connectivity index (χ2v) is 16.6. The summed E-state index contributed by atoms with van der Waals surface area (Å²) in [5.74, 6) is 1.75. The van der Waals surface area contributed by atoms with Crippen LogP contribution < -0.4 is 0 Å². The van der Waals surface area contributed by atoms with Gasteiger partial charge < -0.3 is 9.80 Å². The first-order chi connectivity index (χ1) is 25.5. The Morgan fingerprint density at radius 1 is 0.528 bits per heavy atom. The average Bonchev–Trinajstić information content (AvgIpc) is 3.76. The fourth-order valence-electron chi connectivity index (χ4n) is 10.5. The van der Waals surface area contributed by atoms with E-state index >= 15 is 0 Å². The molecule has 4 fully saturated rings. The highest BCUT2D eigenvalue weighted by Gasteiger charge is 2.41. The third-order valence-electron chi connectivity index (χ3n) is 13.3. The molecular formula is C45H52F6N2. The van der Waals surface area contributed by atoms with Crippen molar-refractivity contribution in [3.8, 4) is 0 Å². The molecule has 3 aromatic carbocycles. The second-order valence-electron chi connectivity index (χ2n) is 16.6. The largest absolute Gasteiger partial charge is 0.416 e. The predicted octanol–water partition coefficient (Wildman–Crippen LogP) is 13.9. The summed E-state index contributed by atoms with van der Waals surface area (Å²) in [5.41, 5.74) is 7.25. The molecule has 1 atom stereocenters. The first-order valence-electron chi connectivity index (χ1n) is 20.3. The van der Waals surface area contributed by atoms with Gasteiger partial charge in [0.15, 0.2) is 0 Å². The Hall–Kier alpha value is -3.42. The van der Waals surface area contributed by atoms with Crippen LogP contribution in [0.3, 0.4) is 0 Å². The molecular weight excluding hydrogens is 682 g/mol. The smallest absolute Gasteiger partial charge is 0.349 e. The molecule has 2 aliphatic heterocycles. The minimum atomic E-state index is -4.48. The predicted molar refractivity (Wildman–Crippen MR) is 197 cm³/mol. The molecule has 0 N–H and O–H groups in total. The number of rotatable bonds is 7. The van der Waals surface area contributed by atoms with Gasteiger partial charge in [0.25, 0.3) is 0 Å². The molecule has 53 heavy (non-hydrogen) atoms.